The van der Waals surface area contributed by atoms with Gasteiger partial charge in [-0.05, 0) is 38.6 Å². The summed E-state index contributed by atoms with van der Waals surface area (Å²) >= 11 is 0. The highest BCUT2D eigenvalue weighted by Crippen LogP contribution is 2.41. The summed E-state index contributed by atoms with van der Waals surface area (Å²) in [4.78, 5) is 0. The Morgan fingerprint density at radius 1 is 0.923 bits per heavy atom. The van der Waals surface area contributed by atoms with Crippen LogP contribution >= 0.6 is 0 Å². The molecule has 0 spiro atoms. The summed E-state index contributed by atoms with van der Waals surface area (Å²) in [7, 11) is 0. The first kappa shape index (κ1) is 23.8. The Hall–Kier alpha value is -0.200. The van der Waals surface area contributed by atoms with Crippen LogP contribution in [-0.2, 0) is 18.9 Å². The van der Waals surface area contributed by atoms with Gasteiger partial charge in [0.1, 0.15) is 17.8 Å². The number of unbranched alkanes of at least 4 members (excludes halogenated alkanes) is 3. The van der Waals surface area contributed by atoms with E-state index >= 15 is 0 Å². The van der Waals surface area contributed by atoms with Crippen LogP contribution in [0.25, 0.3) is 0 Å². The summed E-state index contributed by atoms with van der Waals surface area (Å²) in [5.74, 6) is 0. The van der Waals surface area contributed by atoms with Crippen molar-refractivity contribution in [3.8, 4) is 0 Å². The Kier molecular flexibility index (Phi) is 12.7. The second kappa shape index (κ2) is 13.9. The highest BCUT2D eigenvalue weighted by atomic mass is 16.6. The van der Waals surface area contributed by atoms with Crippen molar-refractivity contribution >= 4 is 0 Å². The SMILES string of the molecule is CCCCOC[C@H]1OC(CCN)C(CC)(OCCCC)[C@@H]1OCCCC. The van der Waals surface area contributed by atoms with Crippen molar-refractivity contribution < 1.29 is 18.9 Å². The normalized spacial score (nSPS) is 28.7. The lowest BCUT2D eigenvalue weighted by atomic mass is 9.85. The molecule has 156 valence electrons. The van der Waals surface area contributed by atoms with Crippen molar-refractivity contribution in [2.24, 2.45) is 5.73 Å². The standard InChI is InChI=1S/C21H43NO4/c1-5-9-14-23-17-18-20(24-15-10-6-2)21(8-4,25-16-11-7-3)19(26-18)12-13-22/h18-20H,5-17,22H2,1-4H3/t18-,19?,20-,21?/m1/s1. The second-order valence-electron chi connectivity index (χ2n) is 7.32. The third kappa shape index (κ3) is 6.75. The maximum Gasteiger partial charge on any atom is 0.123 e. The van der Waals surface area contributed by atoms with E-state index in [1.54, 1.807) is 0 Å². The van der Waals surface area contributed by atoms with Gasteiger partial charge in [-0.1, -0.05) is 47.0 Å². The monoisotopic (exact) mass is 373 g/mol. The van der Waals surface area contributed by atoms with E-state index in [4.69, 9.17) is 24.7 Å². The third-order valence-electron chi connectivity index (χ3n) is 5.27. The zero-order valence-corrected chi connectivity index (χ0v) is 17.6. The zero-order chi connectivity index (χ0) is 19.3. The van der Waals surface area contributed by atoms with Crippen LogP contribution in [0.3, 0.4) is 0 Å². The lowest BCUT2D eigenvalue weighted by molar-refractivity contribution is -0.149. The molecular formula is C21H43NO4. The number of hydrogen-bond donors (Lipinski definition) is 1. The lowest BCUT2D eigenvalue weighted by Crippen LogP contribution is -2.52. The summed E-state index contributed by atoms with van der Waals surface area (Å²) in [6, 6.07) is 0. The van der Waals surface area contributed by atoms with Gasteiger partial charge in [-0.2, -0.15) is 0 Å². The molecule has 0 aliphatic carbocycles. The molecule has 1 heterocycles. The van der Waals surface area contributed by atoms with E-state index in [1.165, 1.54) is 0 Å². The van der Waals surface area contributed by atoms with E-state index in [0.29, 0.717) is 13.2 Å². The smallest absolute Gasteiger partial charge is 0.123 e. The summed E-state index contributed by atoms with van der Waals surface area (Å²) in [5, 5.41) is 0. The summed E-state index contributed by atoms with van der Waals surface area (Å²) < 4.78 is 25.1. The Labute approximate surface area is 161 Å². The van der Waals surface area contributed by atoms with Crippen molar-refractivity contribution in [2.75, 3.05) is 33.0 Å². The van der Waals surface area contributed by atoms with Crippen molar-refractivity contribution in [1.82, 2.24) is 0 Å². The molecule has 2 N–H and O–H groups in total. The van der Waals surface area contributed by atoms with Gasteiger partial charge < -0.3 is 24.7 Å². The van der Waals surface area contributed by atoms with Gasteiger partial charge in [0.25, 0.3) is 0 Å². The van der Waals surface area contributed by atoms with Gasteiger partial charge in [0.05, 0.1) is 12.7 Å². The van der Waals surface area contributed by atoms with Crippen LogP contribution in [0.4, 0.5) is 0 Å². The topological polar surface area (TPSA) is 62.9 Å². The van der Waals surface area contributed by atoms with Crippen LogP contribution in [0.15, 0.2) is 0 Å². The first-order chi connectivity index (χ1) is 12.7. The highest BCUT2D eigenvalue weighted by Gasteiger charge is 2.56. The van der Waals surface area contributed by atoms with Crippen LogP contribution in [0.2, 0.25) is 0 Å². The van der Waals surface area contributed by atoms with Gasteiger partial charge in [-0.3, -0.25) is 0 Å². The number of hydrogen-bond acceptors (Lipinski definition) is 5. The quantitative estimate of drug-likeness (QED) is 0.413. The van der Waals surface area contributed by atoms with Crippen molar-refractivity contribution in [1.29, 1.82) is 0 Å². The molecule has 0 aromatic rings. The minimum atomic E-state index is -0.416. The van der Waals surface area contributed by atoms with E-state index in [1.807, 2.05) is 0 Å². The fraction of sp³-hybridized carbons (Fsp3) is 1.00. The Morgan fingerprint density at radius 2 is 1.58 bits per heavy atom. The maximum atomic E-state index is 6.49. The van der Waals surface area contributed by atoms with Gasteiger partial charge in [0, 0.05) is 19.8 Å². The Bertz CT molecular complexity index is 342. The summed E-state index contributed by atoms with van der Waals surface area (Å²) in [6.07, 6.45) is 8.01. The maximum absolute atomic E-state index is 6.49. The molecule has 26 heavy (non-hydrogen) atoms. The average Bonchev–Trinajstić information content (AvgIpc) is 2.93. The van der Waals surface area contributed by atoms with Crippen molar-refractivity contribution in [2.45, 2.75) is 103 Å². The summed E-state index contributed by atoms with van der Waals surface area (Å²) in [6.45, 7) is 12.1. The number of ether oxygens (including phenoxy) is 4. The first-order valence-electron chi connectivity index (χ1n) is 10.9. The van der Waals surface area contributed by atoms with E-state index < -0.39 is 5.60 Å². The average molecular weight is 374 g/mol. The molecule has 0 bridgehead atoms. The van der Waals surface area contributed by atoms with E-state index in [0.717, 1.165) is 71.2 Å². The van der Waals surface area contributed by atoms with E-state index in [2.05, 4.69) is 27.7 Å². The molecule has 1 aliphatic rings. The van der Waals surface area contributed by atoms with Crippen molar-refractivity contribution in [3.63, 3.8) is 0 Å². The van der Waals surface area contributed by atoms with Gasteiger partial charge in [0.15, 0.2) is 0 Å². The van der Waals surface area contributed by atoms with Gasteiger partial charge in [-0.15, -0.1) is 0 Å². The number of nitrogens with two attached hydrogens (primary N) is 1. The Morgan fingerprint density at radius 3 is 2.19 bits per heavy atom. The molecule has 1 saturated heterocycles. The van der Waals surface area contributed by atoms with Gasteiger partial charge in [-0.25, -0.2) is 0 Å². The minimum absolute atomic E-state index is 0.0271. The van der Waals surface area contributed by atoms with Crippen LogP contribution < -0.4 is 5.73 Å². The summed E-state index contributed by atoms with van der Waals surface area (Å²) in [5.41, 5.74) is 5.47. The molecule has 2 unspecified atom stereocenters. The zero-order valence-electron chi connectivity index (χ0n) is 17.6. The van der Waals surface area contributed by atoms with Crippen LogP contribution in [0.1, 0.15) is 79.1 Å². The van der Waals surface area contributed by atoms with E-state index in [-0.39, 0.29) is 18.3 Å². The molecule has 1 aliphatic heterocycles. The molecule has 0 radical (unpaired) electrons. The first-order valence-corrected chi connectivity index (χ1v) is 10.9. The fourth-order valence-electron chi connectivity index (χ4n) is 3.65. The lowest BCUT2D eigenvalue weighted by Gasteiger charge is -2.38. The highest BCUT2D eigenvalue weighted by molar-refractivity contribution is 5.05. The molecule has 0 aromatic carbocycles. The Balaban J connectivity index is 2.89. The third-order valence-corrected chi connectivity index (χ3v) is 5.27. The molecule has 5 heteroatoms. The van der Waals surface area contributed by atoms with Gasteiger partial charge in [0.2, 0.25) is 0 Å². The molecule has 0 saturated carbocycles. The van der Waals surface area contributed by atoms with Crippen molar-refractivity contribution in [3.05, 3.63) is 0 Å². The predicted octanol–water partition coefficient (Wildman–Crippen LogP) is 4.07. The molecule has 1 rings (SSSR count). The van der Waals surface area contributed by atoms with Gasteiger partial charge >= 0.3 is 0 Å². The largest absolute Gasteiger partial charge is 0.379 e. The number of rotatable bonds is 16. The predicted molar refractivity (Wildman–Crippen MR) is 107 cm³/mol. The molecule has 1 fully saturated rings. The van der Waals surface area contributed by atoms with E-state index in [9.17, 15) is 0 Å². The molecule has 5 nitrogen and oxygen atoms in total. The molecule has 0 aromatic heterocycles. The minimum Gasteiger partial charge on any atom is -0.379 e. The second-order valence-corrected chi connectivity index (χ2v) is 7.32. The van der Waals surface area contributed by atoms with Crippen LogP contribution in [0, 0.1) is 0 Å². The van der Waals surface area contributed by atoms with Crippen LogP contribution in [0.5, 0.6) is 0 Å². The molecule has 4 atom stereocenters. The molecule has 0 amide bonds. The fourth-order valence-corrected chi connectivity index (χ4v) is 3.65. The van der Waals surface area contributed by atoms with Crippen LogP contribution in [-0.4, -0.2) is 56.9 Å². The molecular weight excluding hydrogens is 330 g/mol.